The van der Waals surface area contributed by atoms with Crippen LogP contribution in [0, 0.1) is 5.41 Å². The molecule has 2 aromatic carbocycles. The third-order valence-electron chi connectivity index (χ3n) is 5.06. The summed E-state index contributed by atoms with van der Waals surface area (Å²) in [5.74, 6) is -3.59. The smallest absolute Gasteiger partial charge is 0.338 e. The van der Waals surface area contributed by atoms with Crippen LogP contribution in [0.15, 0.2) is 60.7 Å². The molecule has 2 aromatic rings. The summed E-state index contributed by atoms with van der Waals surface area (Å²) in [5, 5.41) is 7.96. The van der Waals surface area contributed by atoms with Gasteiger partial charge in [0.1, 0.15) is 6.10 Å². The van der Waals surface area contributed by atoms with Crippen molar-refractivity contribution in [1.82, 2.24) is 0 Å². The lowest BCUT2D eigenvalue weighted by Crippen LogP contribution is -2.59. The van der Waals surface area contributed by atoms with Crippen LogP contribution in [-0.4, -0.2) is 45.7 Å². The molecule has 0 aliphatic carbocycles. The number of esters is 2. The van der Waals surface area contributed by atoms with Crippen molar-refractivity contribution < 1.29 is 28.5 Å². The molecule has 176 valence electrons. The van der Waals surface area contributed by atoms with Crippen LogP contribution >= 0.6 is 34.8 Å². The molecule has 0 radical (unpaired) electrons. The molecule has 1 aliphatic heterocycles. The predicted molar refractivity (Wildman–Crippen MR) is 124 cm³/mol. The van der Waals surface area contributed by atoms with E-state index in [2.05, 4.69) is 0 Å². The summed E-state index contributed by atoms with van der Waals surface area (Å²) in [5.41, 5.74) is 0.665. The second-order valence-electron chi connectivity index (χ2n) is 7.57. The van der Waals surface area contributed by atoms with Gasteiger partial charge < -0.3 is 18.9 Å². The summed E-state index contributed by atoms with van der Waals surface area (Å²) in [4.78, 5) is 25.3. The second kappa shape index (κ2) is 10.3. The van der Waals surface area contributed by atoms with Gasteiger partial charge in [0, 0.05) is 13.3 Å². The Labute approximate surface area is 206 Å². The van der Waals surface area contributed by atoms with Gasteiger partial charge in [-0.05, 0) is 31.2 Å². The van der Waals surface area contributed by atoms with Crippen molar-refractivity contribution in [3.8, 4) is 0 Å². The number of carbonyl (C=O) groups excluding carboxylic acids is 2. The Morgan fingerprint density at radius 3 is 1.94 bits per heavy atom. The molecule has 0 saturated carbocycles. The maximum atomic E-state index is 12.7. The zero-order valence-corrected chi connectivity index (χ0v) is 20.1. The van der Waals surface area contributed by atoms with Crippen LogP contribution in [0.25, 0.3) is 0 Å². The lowest BCUT2D eigenvalue weighted by molar-refractivity contribution is -0.297. The summed E-state index contributed by atoms with van der Waals surface area (Å²) >= 11 is 17.3. The number of ether oxygens (including phenoxy) is 4. The predicted octanol–water partition coefficient (Wildman–Crippen LogP) is 5.33. The number of rotatable bonds is 5. The van der Waals surface area contributed by atoms with E-state index in [-0.39, 0.29) is 6.42 Å². The lowest BCUT2D eigenvalue weighted by Gasteiger charge is -2.45. The van der Waals surface area contributed by atoms with Crippen molar-refractivity contribution in [2.24, 2.45) is 0 Å². The van der Waals surface area contributed by atoms with Crippen LogP contribution in [0.1, 0.15) is 41.0 Å². The van der Waals surface area contributed by atoms with E-state index in [0.29, 0.717) is 11.1 Å². The molecule has 1 saturated heterocycles. The molecule has 10 heteroatoms. The second-order valence-corrected chi connectivity index (χ2v) is 9.85. The van der Waals surface area contributed by atoms with Crippen LogP contribution in [0.3, 0.4) is 0 Å². The largest absolute Gasteiger partial charge is 0.456 e. The molecule has 1 N–H and O–H groups in total. The summed E-state index contributed by atoms with van der Waals surface area (Å²) in [6.45, 7) is 3.13. The Bertz CT molecular complexity index is 998. The molecule has 1 aliphatic rings. The van der Waals surface area contributed by atoms with Gasteiger partial charge in [0.25, 0.3) is 3.79 Å². The Kier molecular flexibility index (Phi) is 7.90. The summed E-state index contributed by atoms with van der Waals surface area (Å²) in [6.07, 6.45) is -2.52. The first-order valence-electron chi connectivity index (χ1n) is 10.0. The molecule has 0 bridgehead atoms. The zero-order chi connectivity index (χ0) is 24.2. The lowest BCUT2D eigenvalue weighted by atomic mass is 9.96. The SMILES string of the molecule is CC1OC(C)(OC(=N)C(Cl)(Cl)Cl)C(OC(=O)c2ccccc2)C[C@H]1OC(=O)c1ccccc1. The zero-order valence-electron chi connectivity index (χ0n) is 17.8. The highest BCUT2D eigenvalue weighted by atomic mass is 35.6. The van der Waals surface area contributed by atoms with Crippen LogP contribution in [0.4, 0.5) is 0 Å². The highest BCUT2D eigenvalue weighted by Crippen LogP contribution is 2.38. The minimum atomic E-state index is -2.15. The number of alkyl halides is 3. The normalized spacial score (nSPS) is 25.1. The third-order valence-corrected chi connectivity index (χ3v) is 5.58. The molecule has 7 nitrogen and oxygen atoms in total. The van der Waals surface area contributed by atoms with E-state index < -0.39 is 45.7 Å². The van der Waals surface area contributed by atoms with Crippen molar-refractivity contribution in [3.05, 3.63) is 71.8 Å². The van der Waals surface area contributed by atoms with Gasteiger partial charge in [-0.2, -0.15) is 0 Å². The fourth-order valence-corrected chi connectivity index (χ4v) is 3.45. The first-order chi connectivity index (χ1) is 15.5. The number of benzene rings is 2. The van der Waals surface area contributed by atoms with Crippen LogP contribution in [-0.2, 0) is 18.9 Å². The Morgan fingerprint density at radius 1 is 0.970 bits per heavy atom. The molecule has 1 fully saturated rings. The van der Waals surface area contributed by atoms with Gasteiger partial charge in [-0.1, -0.05) is 71.2 Å². The Hall–Kier alpha value is -2.32. The quantitative estimate of drug-likeness (QED) is 0.251. The number of hydrogen-bond donors (Lipinski definition) is 1. The number of nitrogens with one attached hydrogen (secondary N) is 1. The van der Waals surface area contributed by atoms with E-state index in [0.717, 1.165) is 0 Å². The van der Waals surface area contributed by atoms with E-state index in [1.165, 1.54) is 6.92 Å². The van der Waals surface area contributed by atoms with Gasteiger partial charge in [-0.3, -0.25) is 5.41 Å². The standard InChI is InChI=1S/C23H22Cl3NO6/c1-14-17(30-19(28)15-9-5-3-6-10-15)13-18(31-20(29)16-11-7-4-8-12-16)22(2,32-14)33-21(27)23(24,25)26/h3-12,14,17-18,27H,13H2,1-2H3/t14?,17-,18?,22?/m1/s1. The van der Waals surface area contributed by atoms with Crippen molar-refractivity contribution in [3.63, 3.8) is 0 Å². The minimum absolute atomic E-state index is 0.0297. The maximum Gasteiger partial charge on any atom is 0.338 e. The van der Waals surface area contributed by atoms with Crippen molar-refractivity contribution >= 4 is 52.6 Å². The number of halogens is 3. The molecule has 0 spiro atoms. The van der Waals surface area contributed by atoms with Gasteiger partial charge >= 0.3 is 11.9 Å². The van der Waals surface area contributed by atoms with E-state index in [4.69, 9.17) is 59.2 Å². The van der Waals surface area contributed by atoms with Crippen molar-refractivity contribution in [2.75, 3.05) is 0 Å². The molecule has 33 heavy (non-hydrogen) atoms. The average Bonchev–Trinajstić information content (AvgIpc) is 2.77. The topological polar surface area (TPSA) is 94.9 Å². The molecular formula is C23H22Cl3NO6. The number of hydrogen-bond acceptors (Lipinski definition) is 7. The maximum absolute atomic E-state index is 12.7. The molecule has 3 rings (SSSR count). The van der Waals surface area contributed by atoms with Crippen LogP contribution in [0.2, 0.25) is 0 Å². The first kappa shape index (κ1) is 25.3. The monoisotopic (exact) mass is 513 g/mol. The molecule has 0 amide bonds. The van der Waals surface area contributed by atoms with Crippen molar-refractivity contribution in [2.45, 2.75) is 48.2 Å². The fraction of sp³-hybridized carbons (Fsp3) is 0.348. The Morgan fingerprint density at radius 2 is 1.45 bits per heavy atom. The highest BCUT2D eigenvalue weighted by molar-refractivity contribution is 6.76. The summed E-state index contributed by atoms with van der Waals surface area (Å²) < 4.78 is 20.6. The van der Waals surface area contributed by atoms with E-state index in [1.54, 1.807) is 67.6 Å². The average molecular weight is 515 g/mol. The van der Waals surface area contributed by atoms with Crippen LogP contribution < -0.4 is 0 Å². The molecule has 0 aromatic heterocycles. The molecule has 3 unspecified atom stereocenters. The third kappa shape index (κ3) is 6.38. The number of carbonyl (C=O) groups is 2. The summed E-state index contributed by atoms with van der Waals surface area (Å²) in [6, 6.07) is 16.8. The fourth-order valence-electron chi connectivity index (χ4n) is 3.34. The van der Waals surface area contributed by atoms with Gasteiger partial charge in [0.2, 0.25) is 11.7 Å². The Balaban J connectivity index is 1.83. The first-order valence-corrected chi connectivity index (χ1v) is 11.2. The van der Waals surface area contributed by atoms with E-state index in [1.807, 2.05) is 0 Å². The minimum Gasteiger partial charge on any atom is -0.456 e. The molecular weight excluding hydrogens is 493 g/mol. The molecule has 1 heterocycles. The van der Waals surface area contributed by atoms with Crippen molar-refractivity contribution in [1.29, 1.82) is 5.41 Å². The van der Waals surface area contributed by atoms with Gasteiger partial charge in [-0.15, -0.1) is 0 Å². The van der Waals surface area contributed by atoms with Gasteiger partial charge in [0.05, 0.1) is 17.2 Å². The van der Waals surface area contributed by atoms with E-state index >= 15 is 0 Å². The van der Waals surface area contributed by atoms with Gasteiger partial charge in [-0.25, -0.2) is 9.59 Å². The van der Waals surface area contributed by atoms with E-state index in [9.17, 15) is 9.59 Å². The highest BCUT2D eigenvalue weighted by Gasteiger charge is 2.52. The van der Waals surface area contributed by atoms with Crippen LogP contribution in [0.5, 0.6) is 0 Å². The summed E-state index contributed by atoms with van der Waals surface area (Å²) in [7, 11) is 0. The van der Waals surface area contributed by atoms with Gasteiger partial charge in [0.15, 0.2) is 6.10 Å². The molecule has 4 atom stereocenters.